The van der Waals surface area contributed by atoms with Crippen LogP contribution in [0.3, 0.4) is 0 Å². The Hall–Kier alpha value is -1.04. The van der Waals surface area contributed by atoms with Crippen LogP contribution < -0.4 is 5.32 Å². The first kappa shape index (κ1) is 23.0. The number of alkyl carbamates (subject to hydrolysis) is 1. The Balaban J connectivity index is 1.81. The summed E-state index contributed by atoms with van der Waals surface area (Å²) in [6, 6.07) is -0.459. The summed E-state index contributed by atoms with van der Waals surface area (Å²) in [5.74, 6) is -0.0686. The highest BCUT2D eigenvalue weighted by molar-refractivity contribution is 7.94. The first-order valence-electron chi connectivity index (χ1n) is 10.4. The lowest BCUT2D eigenvalue weighted by Crippen LogP contribution is -2.36. The lowest BCUT2D eigenvalue weighted by Gasteiger charge is -2.10. The van der Waals surface area contributed by atoms with Crippen molar-refractivity contribution in [2.24, 2.45) is 0 Å². The van der Waals surface area contributed by atoms with Crippen molar-refractivity contribution < 1.29 is 17.9 Å². The number of ether oxygens (including phenoxy) is 1. The molecule has 0 fully saturated rings. The molecule has 0 bridgehead atoms. The van der Waals surface area contributed by atoms with Gasteiger partial charge in [0.05, 0.1) is 18.4 Å². The van der Waals surface area contributed by atoms with E-state index in [1.165, 1.54) is 76.7 Å². The third-order valence-electron chi connectivity index (χ3n) is 4.71. The molecule has 0 aromatic carbocycles. The van der Waals surface area contributed by atoms with Crippen molar-refractivity contribution in [3.05, 3.63) is 11.5 Å². The second kappa shape index (κ2) is 14.1. The van der Waals surface area contributed by atoms with Crippen LogP contribution >= 0.6 is 0 Å². The molecular formula is C20H37NO4S. The van der Waals surface area contributed by atoms with Crippen LogP contribution in [-0.2, 0) is 14.6 Å². The third kappa shape index (κ3) is 12.3. The highest BCUT2D eigenvalue weighted by atomic mass is 32.2. The lowest BCUT2D eigenvalue weighted by atomic mass is 10.0. The van der Waals surface area contributed by atoms with E-state index in [2.05, 4.69) is 12.2 Å². The molecule has 1 N–H and O–H groups in total. The Kier molecular flexibility index (Phi) is 12.4. The van der Waals surface area contributed by atoms with Crippen LogP contribution in [0.5, 0.6) is 0 Å². The molecule has 1 heterocycles. The predicted molar refractivity (Wildman–Crippen MR) is 107 cm³/mol. The van der Waals surface area contributed by atoms with Gasteiger partial charge in [-0.1, -0.05) is 84.0 Å². The molecule has 6 heteroatoms. The molecule has 152 valence electrons. The molecule has 0 radical (unpaired) electrons. The van der Waals surface area contributed by atoms with E-state index in [1.54, 1.807) is 0 Å². The standard InChI is InChI=1S/C20H37NO4S/c1-2-3-4-5-6-7-8-9-10-11-12-13-14-16-25-20(22)21-19-15-17-26(23,24)18-19/h15,17,19H,2-14,16,18H2,1H3,(H,21,22). The van der Waals surface area contributed by atoms with Crippen molar-refractivity contribution >= 4 is 15.9 Å². The number of rotatable bonds is 15. The summed E-state index contributed by atoms with van der Waals surface area (Å²) in [5.41, 5.74) is 0. The van der Waals surface area contributed by atoms with Crippen LogP contribution in [0.25, 0.3) is 0 Å². The largest absolute Gasteiger partial charge is 0.450 e. The van der Waals surface area contributed by atoms with Gasteiger partial charge < -0.3 is 10.1 Å². The molecule has 0 saturated heterocycles. The maximum Gasteiger partial charge on any atom is 0.407 e. The topological polar surface area (TPSA) is 72.5 Å². The quantitative estimate of drug-likeness (QED) is 0.396. The molecule has 1 amide bonds. The van der Waals surface area contributed by atoms with Crippen LogP contribution in [-0.4, -0.2) is 32.9 Å². The monoisotopic (exact) mass is 387 g/mol. The number of amides is 1. The molecule has 1 atom stereocenters. The fraction of sp³-hybridized carbons (Fsp3) is 0.850. The van der Waals surface area contributed by atoms with Crippen molar-refractivity contribution in [1.29, 1.82) is 0 Å². The van der Waals surface area contributed by atoms with Gasteiger partial charge in [-0.3, -0.25) is 0 Å². The van der Waals surface area contributed by atoms with E-state index in [9.17, 15) is 13.2 Å². The fourth-order valence-corrected chi connectivity index (χ4v) is 4.38. The molecule has 0 aliphatic carbocycles. The van der Waals surface area contributed by atoms with E-state index in [1.807, 2.05) is 0 Å². The SMILES string of the molecule is CCCCCCCCCCCCCCCOC(=O)NC1C=CS(=O)(=O)C1. The average Bonchev–Trinajstić information content (AvgIpc) is 2.93. The minimum absolute atomic E-state index is 0.0686. The number of carbonyl (C=O) groups is 1. The molecule has 0 aromatic rings. The van der Waals surface area contributed by atoms with Crippen LogP contribution in [0.1, 0.15) is 90.4 Å². The molecule has 1 aliphatic rings. The number of nitrogens with one attached hydrogen (secondary N) is 1. The van der Waals surface area contributed by atoms with Crippen molar-refractivity contribution in [2.45, 2.75) is 96.4 Å². The van der Waals surface area contributed by atoms with Gasteiger partial charge in [0.1, 0.15) is 0 Å². The summed E-state index contributed by atoms with van der Waals surface area (Å²) in [4.78, 5) is 11.6. The van der Waals surface area contributed by atoms with E-state index in [0.29, 0.717) is 6.61 Å². The molecule has 0 spiro atoms. The molecule has 1 unspecified atom stereocenters. The van der Waals surface area contributed by atoms with Gasteiger partial charge in [-0.25, -0.2) is 13.2 Å². The van der Waals surface area contributed by atoms with Gasteiger partial charge >= 0.3 is 6.09 Å². The van der Waals surface area contributed by atoms with E-state index in [-0.39, 0.29) is 5.75 Å². The number of carbonyl (C=O) groups excluding carboxylic acids is 1. The molecule has 0 aromatic heterocycles. The molecular weight excluding hydrogens is 350 g/mol. The number of unbranched alkanes of at least 4 members (excludes halogenated alkanes) is 12. The zero-order valence-electron chi connectivity index (χ0n) is 16.4. The second-order valence-electron chi connectivity index (χ2n) is 7.29. The summed E-state index contributed by atoms with van der Waals surface area (Å²) in [5, 5.41) is 3.70. The van der Waals surface area contributed by atoms with Crippen LogP contribution in [0.2, 0.25) is 0 Å². The Morgan fingerprint density at radius 1 is 0.923 bits per heavy atom. The summed E-state index contributed by atoms with van der Waals surface area (Å²) in [6.07, 6.45) is 17.6. The van der Waals surface area contributed by atoms with Crippen LogP contribution in [0.4, 0.5) is 4.79 Å². The van der Waals surface area contributed by atoms with Gasteiger partial charge in [-0.15, -0.1) is 0 Å². The Morgan fingerprint density at radius 3 is 1.88 bits per heavy atom. The Labute approximate surface area is 159 Å². The van der Waals surface area contributed by atoms with Crippen molar-refractivity contribution in [2.75, 3.05) is 12.4 Å². The van der Waals surface area contributed by atoms with Crippen molar-refractivity contribution in [3.8, 4) is 0 Å². The van der Waals surface area contributed by atoms with Gasteiger partial charge in [0.25, 0.3) is 0 Å². The summed E-state index contributed by atoms with van der Waals surface area (Å²) in [7, 11) is -3.14. The first-order chi connectivity index (χ1) is 12.5. The van der Waals surface area contributed by atoms with Crippen molar-refractivity contribution in [3.63, 3.8) is 0 Å². The van der Waals surface area contributed by atoms with Crippen molar-refractivity contribution in [1.82, 2.24) is 5.32 Å². The summed E-state index contributed by atoms with van der Waals surface area (Å²) >= 11 is 0. The Bertz CT molecular complexity index is 502. The minimum Gasteiger partial charge on any atom is -0.450 e. The normalized spacial score (nSPS) is 18.1. The van der Waals surface area contributed by atoms with Gasteiger partial charge in [0.2, 0.25) is 0 Å². The third-order valence-corrected chi connectivity index (χ3v) is 6.11. The predicted octanol–water partition coefficient (Wildman–Crippen LogP) is 5.11. The first-order valence-corrected chi connectivity index (χ1v) is 12.1. The van der Waals surface area contributed by atoms with E-state index in [4.69, 9.17) is 4.74 Å². The second-order valence-corrected chi connectivity index (χ2v) is 9.22. The lowest BCUT2D eigenvalue weighted by molar-refractivity contribution is 0.142. The van der Waals surface area contributed by atoms with E-state index >= 15 is 0 Å². The van der Waals surface area contributed by atoms with E-state index < -0.39 is 22.0 Å². The van der Waals surface area contributed by atoms with Gasteiger partial charge in [0.15, 0.2) is 9.84 Å². The van der Waals surface area contributed by atoms with Crippen LogP contribution in [0.15, 0.2) is 11.5 Å². The number of hydrogen-bond donors (Lipinski definition) is 1. The van der Waals surface area contributed by atoms with Gasteiger partial charge in [0, 0.05) is 5.41 Å². The average molecular weight is 388 g/mol. The maximum absolute atomic E-state index is 11.6. The Morgan fingerprint density at radius 2 is 1.42 bits per heavy atom. The summed E-state index contributed by atoms with van der Waals surface area (Å²) in [6.45, 7) is 2.65. The van der Waals surface area contributed by atoms with E-state index in [0.717, 1.165) is 18.2 Å². The van der Waals surface area contributed by atoms with Gasteiger partial charge in [-0.05, 0) is 12.5 Å². The highest BCUT2D eigenvalue weighted by Crippen LogP contribution is 2.12. The highest BCUT2D eigenvalue weighted by Gasteiger charge is 2.23. The minimum atomic E-state index is -3.14. The van der Waals surface area contributed by atoms with Gasteiger partial charge in [-0.2, -0.15) is 0 Å². The molecule has 1 aliphatic heterocycles. The zero-order valence-corrected chi connectivity index (χ0v) is 17.2. The molecule has 0 saturated carbocycles. The molecule has 5 nitrogen and oxygen atoms in total. The fourth-order valence-electron chi connectivity index (χ4n) is 3.14. The molecule has 1 rings (SSSR count). The zero-order chi connectivity index (χ0) is 19.1. The number of hydrogen-bond acceptors (Lipinski definition) is 4. The summed E-state index contributed by atoms with van der Waals surface area (Å²) < 4.78 is 27.6. The van der Waals surface area contributed by atoms with Crippen LogP contribution in [0, 0.1) is 0 Å². The number of sulfone groups is 1. The smallest absolute Gasteiger partial charge is 0.407 e. The molecule has 26 heavy (non-hydrogen) atoms. The maximum atomic E-state index is 11.6.